The zero-order valence-electron chi connectivity index (χ0n) is 18.2. The minimum absolute atomic E-state index is 0. The molecular weight excluding hydrogens is 465 g/mol. The summed E-state index contributed by atoms with van der Waals surface area (Å²) in [5.74, 6) is 2.66. The number of nitrogens with one attached hydrogen (secondary N) is 1. The second-order valence-corrected chi connectivity index (χ2v) is 8.69. The lowest BCUT2D eigenvalue weighted by Crippen LogP contribution is -2.40. The molecule has 1 atom stereocenters. The van der Waals surface area contributed by atoms with Crippen LogP contribution in [0.1, 0.15) is 59.3 Å². The maximum atomic E-state index is 11.2. The standard InChI is InChI=1S/C21H41N5O.HI/c1-4-23-21(26-14-7-18(16-26)15-17(2)3)24-10-5-6-11-25-12-8-19(9-13-25)20(22)27;/h17-19H,4-16H2,1-3H3,(H2,22,27)(H,23,24);1H. The summed E-state index contributed by atoms with van der Waals surface area (Å²) in [6, 6.07) is 0. The van der Waals surface area contributed by atoms with Crippen molar-refractivity contribution in [3.05, 3.63) is 0 Å². The van der Waals surface area contributed by atoms with E-state index in [1.54, 1.807) is 0 Å². The number of halogens is 1. The van der Waals surface area contributed by atoms with Gasteiger partial charge in [0.15, 0.2) is 5.96 Å². The van der Waals surface area contributed by atoms with E-state index in [1.165, 1.54) is 19.3 Å². The molecule has 2 aliphatic rings. The normalized spacial score (nSPS) is 21.8. The van der Waals surface area contributed by atoms with Gasteiger partial charge in [-0.1, -0.05) is 13.8 Å². The maximum absolute atomic E-state index is 11.2. The summed E-state index contributed by atoms with van der Waals surface area (Å²) >= 11 is 0. The summed E-state index contributed by atoms with van der Waals surface area (Å²) < 4.78 is 0. The third-order valence-corrected chi connectivity index (χ3v) is 5.86. The highest BCUT2D eigenvalue weighted by Crippen LogP contribution is 2.23. The first-order valence-electron chi connectivity index (χ1n) is 11.0. The van der Waals surface area contributed by atoms with Gasteiger partial charge < -0.3 is 20.9 Å². The van der Waals surface area contributed by atoms with Crippen LogP contribution in [-0.4, -0.2) is 67.5 Å². The smallest absolute Gasteiger partial charge is 0.220 e. The van der Waals surface area contributed by atoms with Gasteiger partial charge in [-0.3, -0.25) is 9.79 Å². The van der Waals surface area contributed by atoms with E-state index >= 15 is 0 Å². The van der Waals surface area contributed by atoms with Gasteiger partial charge in [0.05, 0.1) is 0 Å². The molecule has 2 aliphatic heterocycles. The third kappa shape index (κ3) is 8.84. The second-order valence-electron chi connectivity index (χ2n) is 8.69. The van der Waals surface area contributed by atoms with E-state index in [0.29, 0.717) is 0 Å². The average molecular weight is 508 g/mol. The largest absolute Gasteiger partial charge is 0.369 e. The molecule has 2 saturated heterocycles. The van der Waals surface area contributed by atoms with Crippen LogP contribution in [0.2, 0.25) is 0 Å². The zero-order valence-corrected chi connectivity index (χ0v) is 20.5. The van der Waals surface area contributed by atoms with Gasteiger partial charge in [-0.05, 0) is 76.9 Å². The third-order valence-electron chi connectivity index (χ3n) is 5.86. The molecule has 28 heavy (non-hydrogen) atoms. The highest BCUT2D eigenvalue weighted by Gasteiger charge is 2.25. The maximum Gasteiger partial charge on any atom is 0.220 e. The topological polar surface area (TPSA) is 74.0 Å². The van der Waals surface area contributed by atoms with Crippen molar-refractivity contribution >= 4 is 35.8 Å². The van der Waals surface area contributed by atoms with Gasteiger partial charge in [0.2, 0.25) is 5.91 Å². The zero-order chi connectivity index (χ0) is 19.6. The molecule has 1 unspecified atom stereocenters. The van der Waals surface area contributed by atoms with E-state index in [2.05, 4.69) is 35.9 Å². The lowest BCUT2D eigenvalue weighted by Gasteiger charge is -2.30. The summed E-state index contributed by atoms with van der Waals surface area (Å²) in [6.07, 6.45) is 6.75. The number of nitrogens with zero attached hydrogens (tertiary/aromatic N) is 3. The van der Waals surface area contributed by atoms with E-state index in [4.69, 9.17) is 10.7 Å². The summed E-state index contributed by atoms with van der Waals surface area (Å²) in [5, 5.41) is 3.48. The van der Waals surface area contributed by atoms with Crippen molar-refractivity contribution in [2.45, 2.75) is 59.3 Å². The highest BCUT2D eigenvalue weighted by atomic mass is 127. The first-order chi connectivity index (χ1) is 13.0. The van der Waals surface area contributed by atoms with Gasteiger partial charge in [-0.15, -0.1) is 24.0 Å². The van der Waals surface area contributed by atoms with Crippen LogP contribution in [0, 0.1) is 17.8 Å². The molecule has 0 saturated carbocycles. The van der Waals surface area contributed by atoms with E-state index in [-0.39, 0.29) is 35.8 Å². The molecule has 0 aromatic carbocycles. The fourth-order valence-corrected chi connectivity index (χ4v) is 4.38. The molecule has 2 rings (SSSR count). The van der Waals surface area contributed by atoms with E-state index in [1.807, 2.05) is 0 Å². The van der Waals surface area contributed by atoms with E-state index in [0.717, 1.165) is 82.9 Å². The van der Waals surface area contributed by atoms with Crippen LogP contribution in [-0.2, 0) is 4.79 Å². The molecule has 0 radical (unpaired) electrons. The Morgan fingerprint density at radius 2 is 1.89 bits per heavy atom. The Bertz CT molecular complexity index is 477. The molecule has 0 aromatic rings. The van der Waals surface area contributed by atoms with Gasteiger partial charge in [0, 0.05) is 32.1 Å². The summed E-state index contributed by atoms with van der Waals surface area (Å²) in [6.45, 7) is 14.0. The Labute approximate surface area is 189 Å². The molecule has 1 amide bonds. The van der Waals surface area contributed by atoms with Gasteiger partial charge in [0.1, 0.15) is 0 Å². The van der Waals surface area contributed by atoms with Crippen LogP contribution in [0.5, 0.6) is 0 Å². The van der Waals surface area contributed by atoms with Crippen molar-refractivity contribution < 1.29 is 4.79 Å². The molecule has 2 heterocycles. The van der Waals surface area contributed by atoms with Crippen LogP contribution in [0.3, 0.4) is 0 Å². The molecule has 164 valence electrons. The van der Waals surface area contributed by atoms with Crippen molar-refractivity contribution in [3.63, 3.8) is 0 Å². The minimum atomic E-state index is -0.127. The molecule has 0 aliphatic carbocycles. The Morgan fingerprint density at radius 1 is 1.18 bits per heavy atom. The summed E-state index contributed by atoms with van der Waals surface area (Å²) in [7, 11) is 0. The van der Waals surface area contributed by atoms with Crippen molar-refractivity contribution in [2.24, 2.45) is 28.5 Å². The molecule has 0 bridgehead atoms. The lowest BCUT2D eigenvalue weighted by atomic mass is 9.96. The molecule has 3 N–H and O–H groups in total. The minimum Gasteiger partial charge on any atom is -0.369 e. The Kier molecular flexibility index (Phi) is 12.4. The highest BCUT2D eigenvalue weighted by molar-refractivity contribution is 14.0. The van der Waals surface area contributed by atoms with Crippen LogP contribution in [0.15, 0.2) is 4.99 Å². The van der Waals surface area contributed by atoms with Crippen LogP contribution < -0.4 is 11.1 Å². The first-order valence-corrected chi connectivity index (χ1v) is 11.0. The number of carbonyl (C=O) groups is 1. The van der Waals surface area contributed by atoms with Crippen LogP contribution in [0.4, 0.5) is 0 Å². The van der Waals surface area contributed by atoms with E-state index < -0.39 is 0 Å². The van der Waals surface area contributed by atoms with Crippen molar-refractivity contribution in [1.82, 2.24) is 15.1 Å². The number of carbonyl (C=O) groups excluding carboxylic acids is 1. The number of rotatable bonds is 9. The number of aliphatic imine (C=N–C) groups is 1. The average Bonchev–Trinajstić information content (AvgIpc) is 3.08. The number of hydrogen-bond donors (Lipinski definition) is 2. The predicted octanol–water partition coefficient (Wildman–Crippen LogP) is 2.92. The fraction of sp³-hybridized carbons (Fsp3) is 0.905. The van der Waals surface area contributed by atoms with Gasteiger partial charge in [-0.25, -0.2) is 0 Å². The Morgan fingerprint density at radius 3 is 2.50 bits per heavy atom. The number of nitrogens with two attached hydrogens (primary N) is 1. The van der Waals surface area contributed by atoms with Gasteiger partial charge >= 0.3 is 0 Å². The van der Waals surface area contributed by atoms with E-state index in [9.17, 15) is 4.79 Å². The number of unbranched alkanes of at least 4 members (excludes halogenated alkanes) is 1. The Hall–Kier alpha value is -0.570. The second kappa shape index (κ2) is 13.6. The number of amides is 1. The number of likely N-dealkylation sites (tertiary alicyclic amines) is 2. The number of primary amides is 1. The van der Waals surface area contributed by atoms with Crippen molar-refractivity contribution in [1.29, 1.82) is 0 Å². The molecule has 6 nitrogen and oxygen atoms in total. The first kappa shape index (κ1) is 25.5. The Balaban J connectivity index is 0.00000392. The molecule has 2 fully saturated rings. The summed E-state index contributed by atoms with van der Waals surface area (Å²) in [4.78, 5) is 21.0. The SMILES string of the molecule is CCNC(=NCCCCN1CCC(C(N)=O)CC1)N1CCC(CC(C)C)C1.I. The van der Waals surface area contributed by atoms with Crippen LogP contribution in [0.25, 0.3) is 0 Å². The number of guanidine groups is 1. The van der Waals surface area contributed by atoms with Gasteiger partial charge in [-0.2, -0.15) is 0 Å². The molecule has 0 aromatic heterocycles. The van der Waals surface area contributed by atoms with Gasteiger partial charge in [0.25, 0.3) is 0 Å². The molecule has 7 heteroatoms. The molecule has 0 spiro atoms. The number of hydrogen-bond acceptors (Lipinski definition) is 3. The number of piperidine rings is 1. The quantitative estimate of drug-likeness (QED) is 0.218. The fourth-order valence-electron chi connectivity index (χ4n) is 4.38. The van der Waals surface area contributed by atoms with Crippen molar-refractivity contribution in [2.75, 3.05) is 45.8 Å². The molecular formula is C21H42IN5O. The monoisotopic (exact) mass is 507 g/mol. The predicted molar refractivity (Wildman–Crippen MR) is 128 cm³/mol. The van der Waals surface area contributed by atoms with Crippen LogP contribution >= 0.6 is 24.0 Å². The lowest BCUT2D eigenvalue weighted by molar-refractivity contribution is -0.123. The van der Waals surface area contributed by atoms with Crippen molar-refractivity contribution in [3.8, 4) is 0 Å². The summed E-state index contributed by atoms with van der Waals surface area (Å²) in [5.41, 5.74) is 5.41.